The van der Waals surface area contributed by atoms with Crippen molar-refractivity contribution < 1.29 is 9.13 Å². The zero-order valence-corrected chi connectivity index (χ0v) is 21.6. The molecule has 10 nitrogen and oxygen atoms in total. The molecule has 2 aliphatic rings. The first-order chi connectivity index (χ1) is 18.1. The number of nitrogens with one attached hydrogen (secondary N) is 1. The van der Waals surface area contributed by atoms with Gasteiger partial charge in [-0.25, -0.2) is 19.2 Å². The number of benzene rings is 1. The molecule has 0 radical (unpaired) electrons. The number of aromatic nitrogens is 5. The number of imidazole rings is 1. The first-order valence-corrected chi connectivity index (χ1v) is 12.7. The molecule has 2 aliphatic heterocycles. The highest BCUT2D eigenvalue weighted by Crippen LogP contribution is 2.31. The molecule has 6 rings (SSSR count). The number of rotatable bonds is 5. The molecule has 38 heavy (non-hydrogen) atoms. The molecule has 3 aromatic heterocycles. The van der Waals surface area contributed by atoms with E-state index in [0.717, 1.165) is 51.9 Å². The van der Waals surface area contributed by atoms with Gasteiger partial charge in [0, 0.05) is 43.6 Å². The number of nitrogens with two attached hydrogens (primary N) is 1. The number of halogens is 2. The summed E-state index contributed by atoms with van der Waals surface area (Å²) in [7, 11) is 0. The van der Waals surface area contributed by atoms with Gasteiger partial charge in [0.2, 0.25) is 0 Å². The third-order valence-electron chi connectivity index (χ3n) is 7.42. The summed E-state index contributed by atoms with van der Waals surface area (Å²) >= 11 is 0. The summed E-state index contributed by atoms with van der Waals surface area (Å²) in [6.07, 6.45) is 8.47. The predicted molar refractivity (Wildman–Crippen MR) is 145 cm³/mol. The van der Waals surface area contributed by atoms with Crippen molar-refractivity contribution in [3.8, 4) is 17.2 Å². The summed E-state index contributed by atoms with van der Waals surface area (Å²) < 4.78 is 23.9. The second-order valence-electron chi connectivity index (χ2n) is 9.57. The number of likely N-dealkylation sites (tertiary alicyclic amines) is 1. The van der Waals surface area contributed by atoms with E-state index in [1.54, 1.807) is 35.2 Å². The summed E-state index contributed by atoms with van der Waals surface area (Å²) in [5.41, 5.74) is 7.12. The van der Waals surface area contributed by atoms with Gasteiger partial charge in [-0.15, -0.1) is 12.4 Å². The van der Waals surface area contributed by atoms with E-state index < -0.39 is 5.82 Å². The molecule has 0 aliphatic carbocycles. The average Bonchev–Trinajstić information content (AvgIpc) is 3.24. The zero-order valence-electron chi connectivity index (χ0n) is 20.8. The molecular formula is C26H30ClFN8O2. The highest BCUT2D eigenvalue weighted by molar-refractivity contribution is 5.85. The monoisotopic (exact) mass is 540 g/mol. The number of nitrogens with zero attached hydrogens (tertiary/aromatic N) is 6. The minimum atomic E-state index is -0.604. The van der Waals surface area contributed by atoms with Crippen LogP contribution in [0, 0.1) is 5.82 Å². The molecule has 1 aromatic carbocycles. The Morgan fingerprint density at radius 3 is 2.45 bits per heavy atom. The maximum Gasteiger partial charge on any atom is 0.335 e. The number of hydrogen-bond donors (Lipinski definition) is 2. The zero-order chi connectivity index (χ0) is 25.4. The normalized spacial score (nSPS) is 17.4. The lowest BCUT2D eigenvalue weighted by atomic mass is 9.98. The van der Waals surface area contributed by atoms with Gasteiger partial charge in [-0.2, -0.15) is 0 Å². The fraction of sp³-hybridized carbons (Fsp3) is 0.385. The van der Waals surface area contributed by atoms with Gasteiger partial charge >= 0.3 is 5.69 Å². The second kappa shape index (κ2) is 11.1. The third kappa shape index (κ3) is 4.84. The number of fused-ring (bicyclic) bond motifs is 1. The number of anilines is 1. The SMILES string of the molecule is Cl.Nc1ncnc2c1n(-c1ccc(Oc3ccncc3)c(F)c1)c(=O)n2C1CCN(C2CCNCC2)CC1. The highest BCUT2D eigenvalue weighted by Gasteiger charge is 2.30. The molecule has 12 heteroatoms. The Bertz CT molecular complexity index is 1460. The van der Waals surface area contributed by atoms with Crippen LogP contribution in [-0.4, -0.2) is 61.2 Å². The largest absolute Gasteiger partial charge is 0.454 e. The lowest BCUT2D eigenvalue weighted by Crippen LogP contribution is -2.47. The van der Waals surface area contributed by atoms with Gasteiger partial charge in [0.25, 0.3) is 0 Å². The summed E-state index contributed by atoms with van der Waals surface area (Å²) in [6.45, 7) is 3.95. The van der Waals surface area contributed by atoms with Crippen LogP contribution in [0.25, 0.3) is 16.9 Å². The highest BCUT2D eigenvalue weighted by atomic mass is 35.5. The van der Waals surface area contributed by atoms with E-state index in [-0.39, 0.29) is 35.7 Å². The summed E-state index contributed by atoms with van der Waals surface area (Å²) in [5.74, 6) is 0.0727. The van der Waals surface area contributed by atoms with Crippen molar-refractivity contribution in [3.63, 3.8) is 0 Å². The fourth-order valence-electron chi connectivity index (χ4n) is 5.56. The molecular weight excluding hydrogens is 511 g/mol. The van der Waals surface area contributed by atoms with Gasteiger partial charge in [0.05, 0.1) is 5.69 Å². The van der Waals surface area contributed by atoms with Crippen molar-refractivity contribution in [3.05, 3.63) is 65.4 Å². The van der Waals surface area contributed by atoms with Crippen molar-refractivity contribution in [1.29, 1.82) is 0 Å². The number of pyridine rings is 1. The van der Waals surface area contributed by atoms with Crippen LogP contribution in [0.5, 0.6) is 11.5 Å². The lowest BCUT2D eigenvalue weighted by Gasteiger charge is -2.39. The number of hydrogen-bond acceptors (Lipinski definition) is 8. The van der Waals surface area contributed by atoms with Crippen LogP contribution in [0.4, 0.5) is 10.2 Å². The van der Waals surface area contributed by atoms with Crippen molar-refractivity contribution in [2.75, 3.05) is 31.9 Å². The van der Waals surface area contributed by atoms with Crippen molar-refractivity contribution in [2.24, 2.45) is 0 Å². The molecule has 2 fully saturated rings. The Labute approximate surface area is 225 Å². The summed E-state index contributed by atoms with van der Waals surface area (Å²) in [4.78, 5) is 28.9. The molecule has 0 saturated carbocycles. The topological polar surface area (TPSA) is 116 Å². The minimum absolute atomic E-state index is 0. The number of nitrogen functional groups attached to an aromatic ring is 1. The summed E-state index contributed by atoms with van der Waals surface area (Å²) in [6, 6.07) is 8.25. The van der Waals surface area contributed by atoms with Gasteiger partial charge < -0.3 is 20.7 Å². The average molecular weight is 541 g/mol. The van der Waals surface area contributed by atoms with Gasteiger partial charge in [-0.05, 0) is 63.0 Å². The number of ether oxygens (including phenoxy) is 1. The van der Waals surface area contributed by atoms with E-state index in [9.17, 15) is 4.79 Å². The quantitative estimate of drug-likeness (QED) is 0.396. The van der Waals surface area contributed by atoms with Crippen LogP contribution < -0.4 is 21.5 Å². The van der Waals surface area contributed by atoms with Crippen LogP contribution in [0.3, 0.4) is 0 Å². The molecule has 3 N–H and O–H groups in total. The Balaban J connectivity index is 0.00000294. The van der Waals surface area contributed by atoms with Crippen molar-refractivity contribution >= 4 is 29.4 Å². The van der Waals surface area contributed by atoms with E-state index in [1.807, 2.05) is 0 Å². The van der Waals surface area contributed by atoms with Crippen molar-refractivity contribution in [1.82, 2.24) is 34.3 Å². The Morgan fingerprint density at radius 1 is 1.00 bits per heavy atom. The molecule has 2 saturated heterocycles. The minimum Gasteiger partial charge on any atom is -0.454 e. The molecule has 0 amide bonds. The van der Waals surface area contributed by atoms with Gasteiger partial charge in [0.1, 0.15) is 17.6 Å². The first-order valence-electron chi connectivity index (χ1n) is 12.7. The smallest absolute Gasteiger partial charge is 0.335 e. The summed E-state index contributed by atoms with van der Waals surface area (Å²) in [5, 5.41) is 3.42. The molecule has 0 bridgehead atoms. The fourth-order valence-corrected chi connectivity index (χ4v) is 5.56. The van der Waals surface area contributed by atoms with Crippen LogP contribution in [-0.2, 0) is 0 Å². The lowest BCUT2D eigenvalue weighted by molar-refractivity contribution is 0.113. The second-order valence-corrected chi connectivity index (χ2v) is 9.57. The molecule has 0 spiro atoms. The van der Waals surface area contributed by atoms with E-state index >= 15 is 4.39 Å². The Morgan fingerprint density at radius 2 is 1.74 bits per heavy atom. The van der Waals surface area contributed by atoms with Crippen LogP contribution in [0.15, 0.2) is 53.8 Å². The van der Waals surface area contributed by atoms with Gasteiger partial charge in [0.15, 0.2) is 23.0 Å². The van der Waals surface area contributed by atoms with Gasteiger partial charge in [-0.3, -0.25) is 14.1 Å². The maximum absolute atomic E-state index is 15.1. The standard InChI is InChI=1S/C26H29FN8O2.ClH/c27-21-15-19(1-2-22(21)37-20-5-11-30-12-6-20)34-23-24(28)31-16-32-25(23)35(26(34)36)18-7-13-33(14-8-18)17-3-9-29-10-4-17;/h1-2,5-6,11-12,15-18,29H,3-4,7-10,13-14H2,(H2,28,31,32);1H. The Hall–Kier alpha value is -3.54. The molecule has 4 aromatic rings. The van der Waals surface area contributed by atoms with E-state index in [2.05, 4.69) is 25.2 Å². The van der Waals surface area contributed by atoms with Crippen LogP contribution in [0.2, 0.25) is 0 Å². The molecule has 0 atom stereocenters. The van der Waals surface area contributed by atoms with Crippen molar-refractivity contribution in [2.45, 2.75) is 37.8 Å². The Kier molecular flexibility index (Phi) is 7.59. The van der Waals surface area contributed by atoms with Gasteiger partial charge in [-0.1, -0.05) is 0 Å². The van der Waals surface area contributed by atoms with E-state index in [1.165, 1.54) is 23.0 Å². The van der Waals surface area contributed by atoms with Crippen LogP contribution in [0.1, 0.15) is 31.7 Å². The van der Waals surface area contributed by atoms with E-state index in [0.29, 0.717) is 28.6 Å². The predicted octanol–water partition coefficient (Wildman–Crippen LogP) is 3.30. The van der Waals surface area contributed by atoms with Crippen LogP contribution >= 0.6 is 12.4 Å². The first kappa shape index (κ1) is 26.1. The number of piperidine rings is 2. The maximum atomic E-state index is 15.1. The van der Waals surface area contributed by atoms with E-state index in [4.69, 9.17) is 10.5 Å². The molecule has 5 heterocycles. The molecule has 0 unspecified atom stereocenters. The molecule has 200 valence electrons. The third-order valence-corrected chi connectivity index (χ3v) is 7.42.